The van der Waals surface area contributed by atoms with E-state index in [-0.39, 0.29) is 33.8 Å². The number of carbonyl (C=O) groups excluding carboxylic acids is 2. The maximum absolute atomic E-state index is 13.1. The zero-order valence-corrected chi connectivity index (χ0v) is 17.7. The van der Waals surface area contributed by atoms with Crippen LogP contribution in [-0.4, -0.2) is 27.5 Å². The maximum Gasteiger partial charge on any atom is 0.416 e. The summed E-state index contributed by atoms with van der Waals surface area (Å²) >= 11 is 0. The normalized spacial score (nSPS) is 11.4. The van der Waals surface area contributed by atoms with Gasteiger partial charge in [-0.05, 0) is 47.5 Å². The summed E-state index contributed by atoms with van der Waals surface area (Å²) in [5.74, 6) is -2.21. The van der Waals surface area contributed by atoms with E-state index in [4.69, 9.17) is 0 Å². The third-order valence-corrected chi connectivity index (χ3v) is 5.26. The number of hydrogen-bond acceptors (Lipinski definition) is 3. The van der Waals surface area contributed by atoms with Gasteiger partial charge in [0.05, 0.1) is 22.2 Å². The maximum atomic E-state index is 13.1. The van der Waals surface area contributed by atoms with Crippen LogP contribution in [0.2, 0.25) is 0 Å². The topological polar surface area (TPSA) is 88.4 Å². The molecule has 0 saturated carbocycles. The number of anilines is 1. The van der Waals surface area contributed by atoms with Crippen LogP contribution in [0.3, 0.4) is 0 Å². The number of amides is 1. The molecule has 1 aromatic heterocycles. The highest BCUT2D eigenvalue weighted by Gasteiger charge is 2.30. The Labute approximate surface area is 191 Å². The molecule has 2 N–H and O–H groups in total. The minimum atomic E-state index is -4.57. The van der Waals surface area contributed by atoms with Gasteiger partial charge >= 0.3 is 12.1 Å². The molecular weight excluding hydrogens is 449 g/mol. The van der Waals surface area contributed by atoms with E-state index in [0.717, 1.165) is 12.1 Å². The van der Waals surface area contributed by atoms with Gasteiger partial charge in [-0.15, -0.1) is 0 Å². The summed E-state index contributed by atoms with van der Waals surface area (Å²) in [4.78, 5) is 36.6. The summed E-state index contributed by atoms with van der Waals surface area (Å²) < 4.78 is 40.7. The molecule has 0 atom stereocenters. The number of rotatable bonds is 4. The lowest BCUT2D eigenvalue weighted by molar-refractivity contribution is -0.137. The molecule has 34 heavy (non-hydrogen) atoms. The van der Waals surface area contributed by atoms with Gasteiger partial charge in [0.1, 0.15) is 0 Å². The Balaban J connectivity index is 1.76. The summed E-state index contributed by atoms with van der Waals surface area (Å²) in [6.45, 7) is 1.35. The van der Waals surface area contributed by atoms with Crippen molar-refractivity contribution in [3.05, 3.63) is 89.6 Å². The number of hydrogen-bond donors (Lipinski definition) is 2. The van der Waals surface area contributed by atoms with Gasteiger partial charge in [0.25, 0.3) is 5.91 Å². The average Bonchev–Trinajstić information content (AvgIpc) is 3.18. The fraction of sp³-hybridized carbons (Fsp3) is 0.0800. The predicted octanol–water partition coefficient (Wildman–Crippen LogP) is 5.94. The molecule has 0 aliphatic heterocycles. The lowest BCUT2D eigenvalue weighted by atomic mass is 9.99. The van der Waals surface area contributed by atoms with Gasteiger partial charge < -0.3 is 10.4 Å². The van der Waals surface area contributed by atoms with E-state index in [0.29, 0.717) is 10.9 Å². The van der Waals surface area contributed by atoms with Gasteiger partial charge in [-0.1, -0.05) is 30.3 Å². The number of fused-ring (bicyclic) bond motifs is 1. The number of aromatic nitrogens is 1. The van der Waals surface area contributed by atoms with Crippen LogP contribution in [-0.2, 0) is 6.18 Å². The number of halogens is 3. The summed E-state index contributed by atoms with van der Waals surface area (Å²) in [5, 5.41) is 12.6. The molecule has 0 spiro atoms. The summed E-state index contributed by atoms with van der Waals surface area (Å²) in [7, 11) is 0. The first-order valence-electron chi connectivity index (χ1n) is 10.0. The third-order valence-electron chi connectivity index (χ3n) is 5.26. The Morgan fingerprint density at radius 3 is 2.32 bits per heavy atom. The number of carbonyl (C=O) groups is 3. The van der Waals surface area contributed by atoms with E-state index in [1.165, 1.54) is 48.0 Å². The van der Waals surface area contributed by atoms with Gasteiger partial charge in [0, 0.05) is 24.2 Å². The molecule has 0 aliphatic rings. The summed E-state index contributed by atoms with van der Waals surface area (Å²) in [6.07, 6.45) is -3.18. The first-order valence-corrected chi connectivity index (χ1v) is 10.0. The second-order valence-corrected chi connectivity index (χ2v) is 7.59. The zero-order chi connectivity index (χ0) is 24.6. The van der Waals surface area contributed by atoms with Crippen LogP contribution >= 0.6 is 0 Å². The van der Waals surface area contributed by atoms with E-state index in [1.54, 1.807) is 24.3 Å². The Hall–Kier alpha value is -4.40. The van der Waals surface area contributed by atoms with Crippen molar-refractivity contribution in [2.24, 2.45) is 0 Å². The van der Waals surface area contributed by atoms with Crippen LogP contribution in [0.5, 0.6) is 0 Å². The Kier molecular flexibility index (Phi) is 5.70. The van der Waals surface area contributed by atoms with Crippen molar-refractivity contribution in [2.75, 3.05) is 5.32 Å². The molecule has 0 fully saturated rings. The second kappa shape index (κ2) is 8.51. The van der Waals surface area contributed by atoms with Crippen LogP contribution in [0, 0.1) is 0 Å². The van der Waals surface area contributed by atoms with Gasteiger partial charge in [-0.2, -0.15) is 13.2 Å². The van der Waals surface area contributed by atoms with Crippen LogP contribution < -0.4 is 5.32 Å². The standard InChI is InChI=1S/C25H17F3N2O4/c1-14(31)30-13-21(20-7-2-3-8-22(20)30)23(32)29-19-11-16(9-17(12-19)24(33)34)15-5-4-6-18(10-15)25(26,27)28/h2-13H,1H3,(H,29,32)(H,33,34). The largest absolute Gasteiger partial charge is 0.478 e. The number of para-hydroxylation sites is 1. The number of alkyl halides is 3. The van der Waals surface area contributed by atoms with Crippen LogP contribution in [0.25, 0.3) is 22.0 Å². The van der Waals surface area contributed by atoms with Crippen LogP contribution in [0.4, 0.5) is 18.9 Å². The molecule has 6 nitrogen and oxygen atoms in total. The molecule has 1 amide bonds. The Morgan fingerprint density at radius 2 is 1.65 bits per heavy atom. The van der Waals surface area contributed by atoms with E-state index in [1.807, 2.05) is 0 Å². The second-order valence-electron chi connectivity index (χ2n) is 7.59. The van der Waals surface area contributed by atoms with E-state index in [2.05, 4.69) is 5.32 Å². The highest BCUT2D eigenvalue weighted by Crippen LogP contribution is 2.33. The highest BCUT2D eigenvalue weighted by molar-refractivity contribution is 6.14. The zero-order valence-electron chi connectivity index (χ0n) is 17.7. The number of nitrogens with one attached hydrogen (secondary N) is 1. The first kappa shape index (κ1) is 22.8. The number of carboxylic acids is 1. The van der Waals surface area contributed by atoms with Gasteiger partial charge in [0.2, 0.25) is 5.91 Å². The van der Waals surface area contributed by atoms with Crippen molar-refractivity contribution in [3.8, 4) is 11.1 Å². The smallest absolute Gasteiger partial charge is 0.416 e. The highest BCUT2D eigenvalue weighted by atomic mass is 19.4. The quantitative estimate of drug-likeness (QED) is 0.390. The molecule has 4 rings (SSSR count). The number of carboxylic acid groups (broad SMARTS) is 1. The Bertz CT molecular complexity index is 1450. The molecular formula is C25H17F3N2O4. The summed E-state index contributed by atoms with van der Waals surface area (Å²) in [6, 6.07) is 15.1. The van der Waals surface area contributed by atoms with Crippen LogP contribution in [0.1, 0.15) is 38.0 Å². The van der Waals surface area contributed by atoms with E-state index < -0.39 is 23.6 Å². The number of aromatic carboxylic acids is 1. The van der Waals surface area contributed by atoms with Crippen molar-refractivity contribution in [1.82, 2.24) is 4.57 Å². The fourth-order valence-electron chi connectivity index (χ4n) is 3.68. The van der Waals surface area contributed by atoms with Gasteiger partial charge in [-0.25, -0.2) is 4.79 Å². The van der Waals surface area contributed by atoms with Crippen LogP contribution in [0.15, 0.2) is 72.9 Å². The molecule has 4 aromatic rings. The predicted molar refractivity (Wildman–Crippen MR) is 120 cm³/mol. The Morgan fingerprint density at radius 1 is 0.912 bits per heavy atom. The van der Waals surface area contributed by atoms with Gasteiger partial charge in [0.15, 0.2) is 0 Å². The third kappa shape index (κ3) is 4.40. The SMILES string of the molecule is CC(=O)n1cc(C(=O)Nc2cc(C(=O)O)cc(-c3cccc(C(F)(F)F)c3)c2)c2ccccc21. The van der Waals surface area contributed by atoms with Crippen molar-refractivity contribution in [3.63, 3.8) is 0 Å². The number of nitrogens with zero attached hydrogens (tertiary/aromatic N) is 1. The van der Waals surface area contributed by atoms with Crippen molar-refractivity contribution < 1.29 is 32.7 Å². The fourth-order valence-corrected chi connectivity index (χ4v) is 3.68. The molecule has 9 heteroatoms. The monoisotopic (exact) mass is 466 g/mol. The van der Waals surface area contributed by atoms with E-state index in [9.17, 15) is 32.7 Å². The van der Waals surface area contributed by atoms with E-state index >= 15 is 0 Å². The minimum absolute atomic E-state index is 0.0805. The van der Waals surface area contributed by atoms with Gasteiger partial charge in [-0.3, -0.25) is 14.2 Å². The molecule has 0 bridgehead atoms. The lowest BCUT2D eigenvalue weighted by Gasteiger charge is -2.12. The molecule has 1 heterocycles. The van der Waals surface area contributed by atoms with Crippen molar-refractivity contribution >= 4 is 34.4 Å². The number of benzene rings is 3. The minimum Gasteiger partial charge on any atom is -0.478 e. The molecule has 3 aromatic carbocycles. The molecule has 0 aliphatic carbocycles. The summed E-state index contributed by atoms with van der Waals surface area (Å²) in [5.41, 5.74) is 0.0343. The van der Waals surface area contributed by atoms with Crippen molar-refractivity contribution in [1.29, 1.82) is 0 Å². The average molecular weight is 466 g/mol. The first-order chi connectivity index (χ1) is 16.0. The van der Waals surface area contributed by atoms with Crippen molar-refractivity contribution in [2.45, 2.75) is 13.1 Å². The molecule has 0 radical (unpaired) electrons. The molecule has 0 saturated heterocycles. The molecule has 0 unspecified atom stereocenters. The lowest BCUT2D eigenvalue weighted by Crippen LogP contribution is -2.13. The molecule has 172 valence electrons.